The SMILES string of the molecule is CC(C)CCC(O)CN1c2ccccc2CCc2ccccc21. The van der Waals surface area contributed by atoms with Gasteiger partial charge < -0.3 is 10.0 Å². The molecule has 0 radical (unpaired) electrons. The normalized spacial score (nSPS) is 15.0. The summed E-state index contributed by atoms with van der Waals surface area (Å²) in [7, 11) is 0. The van der Waals surface area contributed by atoms with Gasteiger partial charge in [0.15, 0.2) is 0 Å². The van der Waals surface area contributed by atoms with Gasteiger partial charge >= 0.3 is 0 Å². The Bertz CT molecular complexity index is 602. The van der Waals surface area contributed by atoms with Crippen molar-refractivity contribution in [1.29, 1.82) is 0 Å². The number of benzene rings is 2. The van der Waals surface area contributed by atoms with Gasteiger partial charge in [0.1, 0.15) is 0 Å². The number of fused-ring (bicyclic) bond motifs is 2. The molecule has 1 unspecified atom stereocenters. The first kappa shape index (κ1) is 16.1. The van der Waals surface area contributed by atoms with Crippen LogP contribution in [0.5, 0.6) is 0 Å². The molecule has 2 aromatic rings. The molecule has 0 amide bonds. The van der Waals surface area contributed by atoms with E-state index in [1.54, 1.807) is 0 Å². The first-order valence-corrected chi connectivity index (χ1v) is 8.76. The molecule has 122 valence electrons. The lowest BCUT2D eigenvalue weighted by Crippen LogP contribution is -2.29. The maximum Gasteiger partial charge on any atom is 0.0719 e. The molecule has 2 heteroatoms. The second-order valence-electron chi connectivity index (χ2n) is 6.99. The third kappa shape index (κ3) is 3.76. The fourth-order valence-corrected chi connectivity index (χ4v) is 3.39. The molecular weight excluding hydrogens is 282 g/mol. The summed E-state index contributed by atoms with van der Waals surface area (Å²) in [6, 6.07) is 17.2. The standard InChI is InChI=1S/C21H27NO/c1-16(2)11-14-19(23)15-22-20-9-5-3-7-17(20)12-13-18-8-4-6-10-21(18)22/h3-10,16,19,23H,11-15H2,1-2H3. The largest absolute Gasteiger partial charge is 0.391 e. The Kier molecular flexibility index (Phi) is 5.02. The Morgan fingerprint density at radius 1 is 0.870 bits per heavy atom. The van der Waals surface area contributed by atoms with Crippen molar-refractivity contribution in [2.24, 2.45) is 5.92 Å². The number of rotatable bonds is 5. The molecule has 2 nitrogen and oxygen atoms in total. The lowest BCUT2D eigenvalue weighted by molar-refractivity contribution is 0.164. The highest BCUT2D eigenvalue weighted by Gasteiger charge is 2.22. The fraction of sp³-hybridized carbons (Fsp3) is 0.429. The van der Waals surface area contributed by atoms with Crippen molar-refractivity contribution in [2.45, 2.75) is 45.6 Å². The van der Waals surface area contributed by atoms with Gasteiger partial charge in [-0.3, -0.25) is 0 Å². The molecule has 23 heavy (non-hydrogen) atoms. The summed E-state index contributed by atoms with van der Waals surface area (Å²) in [5, 5.41) is 10.6. The Hall–Kier alpha value is -1.80. The van der Waals surface area contributed by atoms with E-state index in [4.69, 9.17) is 0 Å². The smallest absolute Gasteiger partial charge is 0.0719 e. The van der Waals surface area contributed by atoms with Crippen molar-refractivity contribution >= 4 is 11.4 Å². The summed E-state index contributed by atoms with van der Waals surface area (Å²) in [5.74, 6) is 0.633. The number of hydrogen-bond acceptors (Lipinski definition) is 2. The van der Waals surface area contributed by atoms with E-state index in [0.717, 1.165) is 25.7 Å². The van der Waals surface area contributed by atoms with Crippen molar-refractivity contribution in [3.8, 4) is 0 Å². The fourth-order valence-electron chi connectivity index (χ4n) is 3.39. The molecule has 1 heterocycles. The number of aryl methyl sites for hydroxylation is 2. The zero-order valence-corrected chi connectivity index (χ0v) is 14.2. The quantitative estimate of drug-likeness (QED) is 0.864. The number of hydrogen-bond donors (Lipinski definition) is 1. The maximum absolute atomic E-state index is 10.6. The van der Waals surface area contributed by atoms with Gasteiger partial charge in [-0.25, -0.2) is 0 Å². The molecule has 0 spiro atoms. The van der Waals surface area contributed by atoms with E-state index in [1.807, 2.05) is 0 Å². The number of para-hydroxylation sites is 2. The van der Waals surface area contributed by atoms with Gasteiger partial charge in [-0.05, 0) is 54.9 Å². The van der Waals surface area contributed by atoms with Crippen LogP contribution in [0, 0.1) is 5.92 Å². The van der Waals surface area contributed by atoms with Gasteiger partial charge in [0.2, 0.25) is 0 Å². The summed E-state index contributed by atoms with van der Waals surface area (Å²) in [4.78, 5) is 2.32. The molecule has 1 atom stereocenters. The Morgan fingerprint density at radius 3 is 1.91 bits per heavy atom. The first-order valence-electron chi connectivity index (χ1n) is 8.76. The van der Waals surface area contributed by atoms with Crippen LogP contribution in [0.3, 0.4) is 0 Å². The molecule has 0 fully saturated rings. The van der Waals surface area contributed by atoms with Crippen LogP contribution >= 0.6 is 0 Å². The molecule has 1 aliphatic rings. The Morgan fingerprint density at radius 2 is 1.39 bits per heavy atom. The van der Waals surface area contributed by atoms with E-state index in [0.29, 0.717) is 12.5 Å². The molecule has 0 saturated carbocycles. The predicted molar refractivity (Wildman–Crippen MR) is 97.4 cm³/mol. The second kappa shape index (κ2) is 7.18. The number of aliphatic hydroxyl groups is 1. The topological polar surface area (TPSA) is 23.5 Å². The van der Waals surface area contributed by atoms with Gasteiger partial charge in [-0.2, -0.15) is 0 Å². The Balaban J connectivity index is 1.90. The second-order valence-corrected chi connectivity index (χ2v) is 6.99. The maximum atomic E-state index is 10.6. The number of β-amino-alcohol motifs (C(OH)–C–C–N with tert-alkyl or cyclic N) is 1. The first-order chi connectivity index (χ1) is 11.1. The van der Waals surface area contributed by atoms with Crippen molar-refractivity contribution < 1.29 is 5.11 Å². The van der Waals surface area contributed by atoms with Crippen molar-refractivity contribution in [3.63, 3.8) is 0 Å². The van der Waals surface area contributed by atoms with Crippen molar-refractivity contribution in [1.82, 2.24) is 0 Å². The van der Waals surface area contributed by atoms with E-state index in [1.165, 1.54) is 22.5 Å². The average molecular weight is 309 g/mol. The minimum absolute atomic E-state index is 0.295. The Labute approximate surface area is 139 Å². The molecule has 2 aromatic carbocycles. The van der Waals surface area contributed by atoms with E-state index >= 15 is 0 Å². The van der Waals surface area contributed by atoms with Gasteiger partial charge in [-0.1, -0.05) is 50.2 Å². The molecule has 0 bridgehead atoms. The van der Waals surface area contributed by atoms with Crippen LogP contribution in [0.25, 0.3) is 0 Å². The molecule has 0 saturated heterocycles. The van der Waals surface area contributed by atoms with Crippen molar-refractivity contribution in [2.75, 3.05) is 11.4 Å². The minimum Gasteiger partial charge on any atom is -0.391 e. The van der Waals surface area contributed by atoms with Crippen LogP contribution < -0.4 is 4.90 Å². The molecule has 0 aliphatic carbocycles. The summed E-state index contributed by atoms with van der Waals surface area (Å²) >= 11 is 0. The van der Waals surface area contributed by atoms with Gasteiger partial charge in [0.25, 0.3) is 0 Å². The highest BCUT2D eigenvalue weighted by molar-refractivity contribution is 5.71. The number of nitrogens with zero attached hydrogens (tertiary/aromatic N) is 1. The lowest BCUT2D eigenvalue weighted by atomic mass is 10.0. The van der Waals surface area contributed by atoms with Crippen LogP contribution in [0.4, 0.5) is 11.4 Å². The number of anilines is 2. The number of aliphatic hydroxyl groups excluding tert-OH is 1. The van der Waals surface area contributed by atoms with Crippen LogP contribution in [-0.2, 0) is 12.8 Å². The highest BCUT2D eigenvalue weighted by Crippen LogP contribution is 2.36. The van der Waals surface area contributed by atoms with Crippen LogP contribution in [0.15, 0.2) is 48.5 Å². The third-order valence-corrected chi connectivity index (χ3v) is 4.70. The van der Waals surface area contributed by atoms with Crippen LogP contribution in [-0.4, -0.2) is 17.8 Å². The monoisotopic (exact) mass is 309 g/mol. The zero-order valence-electron chi connectivity index (χ0n) is 14.2. The minimum atomic E-state index is -0.295. The lowest BCUT2D eigenvalue weighted by Gasteiger charge is -2.29. The zero-order chi connectivity index (χ0) is 16.2. The highest BCUT2D eigenvalue weighted by atomic mass is 16.3. The third-order valence-electron chi connectivity index (χ3n) is 4.70. The molecule has 1 aliphatic heterocycles. The molecule has 0 aromatic heterocycles. The molecule has 3 rings (SSSR count). The van der Waals surface area contributed by atoms with Gasteiger partial charge in [0.05, 0.1) is 6.10 Å². The van der Waals surface area contributed by atoms with E-state index in [2.05, 4.69) is 67.3 Å². The van der Waals surface area contributed by atoms with Crippen LogP contribution in [0.1, 0.15) is 37.8 Å². The van der Waals surface area contributed by atoms with E-state index < -0.39 is 0 Å². The van der Waals surface area contributed by atoms with Gasteiger partial charge in [0, 0.05) is 17.9 Å². The summed E-state index contributed by atoms with van der Waals surface area (Å²) in [5.41, 5.74) is 5.25. The molecular formula is C21H27NO. The van der Waals surface area contributed by atoms with E-state index in [-0.39, 0.29) is 6.10 Å². The average Bonchev–Trinajstić information content (AvgIpc) is 2.71. The van der Waals surface area contributed by atoms with Crippen LogP contribution in [0.2, 0.25) is 0 Å². The van der Waals surface area contributed by atoms with Crippen molar-refractivity contribution in [3.05, 3.63) is 59.7 Å². The molecule has 1 N–H and O–H groups in total. The van der Waals surface area contributed by atoms with Gasteiger partial charge in [-0.15, -0.1) is 0 Å². The summed E-state index contributed by atoms with van der Waals surface area (Å²) in [6.07, 6.45) is 3.76. The van der Waals surface area contributed by atoms with E-state index in [9.17, 15) is 5.11 Å². The summed E-state index contributed by atoms with van der Waals surface area (Å²) in [6.45, 7) is 5.09. The summed E-state index contributed by atoms with van der Waals surface area (Å²) < 4.78 is 0. The predicted octanol–water partition coefficient (Wildman–Crippen LogP) is 4.72.